The molecule has 6 heteroatoms. The average Bonchev–Trinajstić information content (AvgIpc) is 3.14. The third kappa shape index (κ3) is 2.48. The van der Waals surface area contributed by atoms with Crippen LogP contribution in [0.25, 0.3) is 0 Å². The van der Waals surface area contributed by atoms with Crippen molar-refractivity contribution >= 4 is 17.2 Å². The summed E-state index contributed by atoms with van der Waals surface area (Å²) in [5.74, 6) is 0.0983. The van der Waals surface area contributed by atoms with E-state index in [-0.39, 0.29) is 11.9 Å². The first-order chi connectivity index (χ1) is 9.79. The van der Waals surface area contributed by atoms with Crippen molar-refractivity contribution in [3.05, 3.63) is 40.3 Å². The Morgan fingerprint density at radius 1 is 1.55 bits per heavy atom. The number of ether oxygens (including phenoxy) is 1. The summed E-state index contributed by atoms with van der Waals surface area (Å²) >= 11 is 1.55. The third-order valence-corrected chi connectivity index (χ3v) is 4.28. The Bertz CT molecular complexity index is 579. The lowest BCUT2D eigenvalue weighted by atomic mass is 10.1. The highest BCUT2D eigenvalue weighted by Gasteiger charge is 2.28. The minimum absolute atomic E-state index is 0.0983. The van der Waals surface area contributed by atoms with Crippen LogP contribution in [0.15, 0.2) is 29.1 Å². The van der Waals surface area contributed by atoms with Gasteiger partial charge in [0.05, 0.1) is 23.8 Å². The van der Waals surface area contributed by atoms with Gasteiger partial charge in [0.1, 0.15) is 0 Å². The fourth-order valence-electron chi connectivity index (χ4n) is 2.58. The number of aromatic nitrogens is 2. The number of hydrogen-bond acceptors (Lipinski definition) is 4. The van der Waals surface area contributed by atoms with Gasteiger partial charge in [0, 0.05) is 31.8 Å². The van der Waals surface area contributed by atoms with Gasteiger partial charge < -0.3 is 9.64 Å². The summed E-state index contributed by atoms with van der Waals surface area (Å²) in [5, 5.41) is 8.21. The summed E-state index contributed by atoms with van der Waals surface area (Å²) < 4.78 is 7.19. The smallest absolute Gasteiger partial charge is 0.255 e. The molecule has 106 valence electrons. The van der Waals surface area contributed by atoms with Gasteiger partial charge in [-0.05, 0) is 23.9 Å². The van der Waals surface area contributed by atoms with E-state index < -0.39 is 0 Å². The van der Waals surface area contributed by atoms with Crippen LogP contribution in [0.3, 0.4) is 0 Å². The lowest BCUT2D eigenvalue weighted by molar-refractivity contribution is 0.0642. The van der Waals surface area contributed by atoms with Crippen molar-refractivity contribution in [2.45, 2.75) is 19.0 Å². The summed E-state index contributed by atoms with van der Waals surface area (Å²) in [5.41, 5.74) is 1.86. The molecule has 1 amide bonds. The lowest BCUT2D eigenvalue weighted by Crippen LogP contribution is -2.41. The predicted octanol–water partition coefficient (Wildman–Crippen LogP) is 2.18. The maximum Gasteiger partial charge on any atom is 0.255 e. The lowest BCUT2D eigenvalue weighted by Gasteiger charge is -2.33. The number of fused-ring (bicyclic) bond motifs is 1. The number of amides is 1. The van der Waals surface area contributed by atoms with E-state index >= 15 is 0 Å². The number of hydrogen-bond donors (Lipinski definition) is 0. The maximum absolute atomic E-state index is 12.5. The summed E-state index contributed by atoms with van der Waals surface area (Å²) in [6.07, 6.45) is 2.66. The van der Waals surface area contributed by atoms with Gasteiger partial charge in [-0.1, -0.05) is 0 Å². The van der Waals surface area contributed by atoms with Crippen molar-refractivity contribution in [2.24, 2.45) is 0 Å². The largest absolute Gasteiger partial charge is 0.385 e. The molecule has 0 fully saturated rings. The van der Waals surface area contributed by atoms with Crippen LogP contribution in [-0.4, -0.2) is 40.8 Å². The zero-order chi connectivity index (χ0) is 13.9. The summed E-state index contributed by atoms with van der Waals surface area (Å²) in [4.78, 5) is 14.4. The van der Waals surface area contributed by atoms with Crippen molar-refractivity contribution in [3.63, 3.8) is 0 Å². The molecule has 1 aliphatic heterocycles. The first-order valence-corrected chi connectivity index (χ1v) is 7.56. The minimum Gasteiger partial charge on any atom is -0.385 e. The van der Waals surface area contributed by atoms with E-state index in [0.29, 0.717) is 19.7 Å². The fraction of sp³-hybridized carbons (Fsp3) is 0.429. The van der Waals surface area contributed by atoms with Gasteiger partial charge in [0.25, 0.3) is 5.91 Å². The molecule has 0 N–H and O–H groups in total. The SMILES string of the molecule is COCC[C@@H]1CN(C(=O)c2ccsc2)Cc2ccnn21. The number of rotatable bonds is 4. The van der Waals surface area contributed by atoms with Gasteiger partial charge in [-0.15, -0.1) is 0 Å². The van der Waals surface area contributed by atoms with Crippen molar-refractivity contribution in [2.75, 3.05) is 20.3 Å². The van der Waals surface area contributed by atoms with Gasteiger partial charge in [-0.2, -0.15) is 16.4 Å². The molecule has 0 spiro atoms. The van der Waals surface area contributed by atoms with E-state index in [4.69, 9.17) is 4.74 Å². The molecule has 0 radical (unpaired) electrons. The Morgan fingerprint density at radius 3 is 3.20 bits per heavy atom. The van der Waals surface area contributed by atoms with Crippen LogP contribution in [0.2, 0.25) is 0 Å². The van der Waals surface area contributed by atoms with Crippen molar-refractivity contribution < 1.29 is 9.53 Å². The second kappa shape index (κ2) is 5.76. The van der Waals surface area contributed by atoms with Crippen LogP contribution in [-0.2, 0) is 11.3 Å². The van der Waals surface area contributed by atoms with Crippen LogP contribution in [0.4, 0.5) is 0 Å². The van der Waals surface area contributed by atoms with E-state index in [1.165, 1.54) is 0 Å². The van der Waals surface area contributed by atoms with E-state index in [0.717, 1.165) is 17.7 Å². The van der Waals surface area contributed by atoms with Crippen molar-refractivity contribution in [1.29, 1.82) is 0 Å². The molecule has 5 nitrogen and oxygen atoms in total. The van der Waals surface area contributed by atoms with Gasteiger partial charge in [0.15, 0.2) is 0 Å². The van der Waals surface area contributed by atoms with Gasteiger partial charge in [-0.3, -0.25) is 9.48 Å². The molecular weight excluding hydrogens is 274 g/mol. The monoisotopic (exact) mass is 291 g/mol. The minimum atomic E-state index is 0.0983. The second-order valence-electron chi connectivity index (χ2n) is 4.90. The van der Waals surface area contributed by atoms with Gasteiger partial charge in [-0.25, -0.2) is 0 Å². The van der Waals surface area contributed by atoms with Crippen LogP contribution >= 0.6 is 11.3 Å². The van der Waals surface area contributed by atoms with Crippen molar-refractivity contribution in [1.82, 2.24) is 14.7 Å². The van der Waals surface area contributed by atoms with Crippen LogP contribution < -0.4 is 0 Å². The maximum atomic E-state index is 12.5. The molecule has 0 saturated heterocycles. The molecule has 2 aromatic heterocycles. The zero-order valence-corrected chi connectivity index (χ0v) is 12.2. The van der Waals surface area contributed by atoms with Crippen molar-refractivity contribution in [3.8, 4) is 0 Å². The highest BCUT2D eigenvalue weighted by atomic mass is 32.1. The number of carbonyl (C=O) groups excluding carboxylic acids is 1. The van der Waals surface area contributed by atoms with Gasteiger partial charge in [0.2, 0.25) is 0 Å². The Balaban J connectivity index is 1.80. The molecular formula is C14H17N3O2S. The molecule has 0 aromatic carbocycles. The molecule has 1 aliphatic rings. The van der Waals surface area contributed by atoms with Crippen LogP contribution in [0.1, 0.15) is 28.5 Å². The van der Waals surface area contributed by atoms with Gasteiger partial charge >= 0.3 is 0 Å². The Labute approximate surface area is 121 Å². The quantitative estimate of drug-likeness (QED) is 0.867. The predicted molar refractivity (Wildman–Crippen MR) is 76.8 cm³/mol. The summed E-state index contributed by atoms with van der Waals surface area (Å²) in [6, 6.07) is 4.05. The normalized spacial score (nSPS) is 18.1. The molecule has 2 aromatic rings. The molecule has 0 saturated carbocycles. The first-order valence-electron chi connectivity index (χ1n) is 6.62. The zero-order valence-electron chi connectivity index (χ0n) is 11.4. The average molecular weight is 291 g/mol. The molecule has 20 heavy (non-hydrogen) atoms. The molecule has 3 heterocycles. The van der Waals surface area contributed by atoms with E-state index in [2.05, 4.69) is 5.10 Å². The fourth-order valence-corrected chi connectivity index (χ4v) is 3.21. The topological polar surface area (TPSA) is 47.4 Å². The number of methoxy groups -OCH3 is 1. The van der Waals surface area contributed by atoms with Crippen LogP contribution in [0, 0.1) is 0 Å². The number of carbonyl (C=O) groups is 1. The third-order valence-electron chi connectivity index (χ3n) is 3.59. The Hall–Kier alpha value is -1.66. The van der Waals surface area contributed by atoms with E-state index in [1.807, 2.05) is 32.5 Å². The van der Waals surface area contributed by atoms with E-state index in [9.17, 15) is 4.79 Å². The highest BCUT2D eigenvalue weighted by Crippen LogP contribution is 2.24. The molecule has 0 aliphatic carbocycles. The summed E-state index contributed by atoms with van der Waals surface area (Å²) in [6.45, 7) is 1.98. The Kier molecular flexibility index (Phi) is 3.84. The van der Waals surface area contributed by atoms with Crippen LogP contribution in [0.5, 0.6) is 0 Å². The Morgan fingerprint density at radius 2 is 2.45 bits per heavy atom. The number of thiophene rings is 1. The first kappa shape index (κ1) is 13.3. The standard InChI is InChI=1S/C14H17N3O2S/c1-19-6-3-13-9-16(8-12-2-5-15-17(12)13)14(18)11-4-7-20-10-11/h2,4-5,7,10,13H,3,6,8-9H2,1H3/t13-/m1/s1. The molecule has 0 unspecified atom stereocenters. The molecule has 0 bridgehead atoms. The van der Waals surface area contributed by atoms with E-state index in [1.54, 1.807) is 24.6 Å². The highest BCUT2D eigenvalue weighted by molar-refractivity contribution is 7.08. The number of nitrogens with zero attached hydrogens (tertiary/aromatic N) is 3. The molecule has 1 atom stereocenters. The molecule has 3 rings (SSSR count). The second-order valence-corrected chi connectivity index (χ2v) is 5.68. The summed E-state index contributed by atoms with van der Waals surface area (Å²) in [7, 11) is 1.70.